The minimum absolute atomic E-state index is 0.534. The SMILES string of the molecule is C=CCOc1ccc(OCCCCN2CCN(C)CC2)cc1. The number of piperazine rings is 1. The number of ether oxygens (including phenoxy) is 2. The van der Waals surface area contributed by atoms with Gasteiger partial charge in [0.2, 0.25) is 0 Å². The molecule has 1 fully saturated rings. The minimum Gasteiger partial charge on any atom is -0.494 e. The van der Waals surface area contributed by atoms with E-state index in [-0.39, 0.29) is 0 Å². The Kier molecular flexibility index (Phi) is 7.26. The van der Waals surface area contributed by atoms with Crippen LogP contribution in [0.5, 0.6) is 11.5 Å². The molecule has 0 bridgehead atoms. The highest BCUT2D eigenvalue weighted by Crippen LogP contribution is 2.17. The molecule has 0 saturated carbocycles. The molecule has 0 atom stereocenters. The van der Waals surface area contributed by atoms with Gasteiger partial charge in [0.05, 0.1) is 6.61 Å². The van der Waals surface area contributed by atoms with Gasteiger partial charge < -0.3 is 19.3 Å². The largest absolute Gasteiger partial charge is 0.494 e. The van der Waals surface area contributed by atoms with Crippen LogP contribution < -0.4 is 9.47 Å². The Bertz CT molecular complexity index is 425. The smallest absolute Gasteiger partial charge is 0.120 e. The lowest BCUT2D eigenvalue weighted by molar-refractivity contribution is 0.150. The zero-order valence-electron chi connectivity index (χ0n) is 13.7. The lowest BCUT2D eigenvalue weighted by atomic mass is 10.2. The Morgan fingerprint density at radius 2 is 1.64 bits per heavy atom. The molecule has 2 rings (SSSR count). The van der Waals surface area contributed by atoms with Gasteiger partial charge in [0.15, 0.2) is 0 Å². The van der Waals surface area contributed by atoms with Gasteiger partial charge in [0.25, 0.3) is 0 Å². The molecule has 0 amide bonds. The molecule has 0 unspecified atom stereocenters. The van der Waals surface area contributed by atoms with Gasteiger partial charge in [-0.15, -0.1) is 0 Å². The monoisotopic (exact) mass is 304 g/mol. The van der Waals surface area contributed by atoms with E-state index in [2.05, 4.69) is 23.4 Å². The first kappa shape index (κ1) is 16.8. The summed E-state index contributed by atoms with van der Waals surface area (Å²) in [7, 11) is 2.19. The Balaban J connectivity index is 1.55. The first-order valence-corrected chi connectivity index (χ1v) is 8.15. The van der Waals surface area contributed by atoms with Crippen molar-refractivity contribution in [3.05, 3.63) is 36.9 Å². The van der Waals surface area contributed by atoms with Crippen LogP contribution in [0.3, 0.4) is 0 Å². The average Bonchev–Trinajstić information content (AvgIpc) is 2.55. The minimum atomic E-state index is 0.534. The molecule has 0 aromatic heterocycles. The van der Waals surface area contributed by atoms with Crippen LogP contribution in [0.1, 0.15) is 12.8 Å². The van der Waals surface area contributed by atoms with Crippen LogP contribution in [0, 0.1) is 0 Å². The van der Waals surface area contributed by atoms with Gasteiger partial charge in [-0.05, 0) is 50.7 Å². The fraction of sp³-hybridized carbons (Fsp3) is 0.556. The summed E-state index contributed by atoms with van der Waals surface area (Å²) in [4.78, 5) is 4.94. The van der Waals surface area contributed by atoms with Crippen LogP contribution in [0.2, 0.25) is 0 Å². The predicted octanol–water partition coefficient (Wildman–Crippen LogP) is 2.66. The normalized spacial score (nSPS) is 16.4. The van der Waals surface area contributed by atoms with Gasteiger partial charge in [-0.2, -0.15) is 0 Å². The van der Waals surface area contributed by atoms with Crippen molar-refractivity contribution in [2.75, 3.05) is 53.0 Å². The molecule has 1 saturated heterocycles. The number of hydrogen-bond donors (Lipinski definition) is 0. The quantitative estimate of drug-likeness (QED) is 0.517. The molecule has 0 aliphatic carbocycles. The van der Waals surface area contributed by atoms with Crippen LogP contribution in [-0.4, -0.2) is 62.8 Å². The summed E-state index contributed by atoms with van der Waals surface area (Å²) in [5.41, 5.74) is 0. The highest BCUT2D eigenvalue weighted by atomic mass is 16.5. The van der Waals surface area contributed by atoms with Gasteiger partial charge in [0, 0.05) is 26.2 Å². The number of nitrogens with zero attached hydrogens (tertiary/aromatic N) is 2. The van der Waals surface area contributed by atoms with E-state index in [0.717, 1.165) is 24.5 Å². The molecule has 1 aromatic rings. The lowest BCUT2D eigenvalue weighted by Gasteiger charge is -2.32. The second kappa shape index (κ2) is 9.49. The molecular formula is C18H28N2O2. The van der Waals surface area contributed by atoms with Crippen LogP contribution in [0.4, 0.5) is 0 Å². The topological polar surface area (TPSA) is 24.9 Å². The third kappa shape index (κ3) is 6.08. The van der Waals surface area contributed by atoms with E-state index in [4.69, 9.17) is 9.47 Å². The molecular weight excluding hydrogens is 276 g/mol. The van der Waals surface area contributed by atoms with Gasteiger partial charge in [-0.25, -0.2) is 0 Å². The summed E-state index contributed by atoms with van der Waals surface area (Å²) >= 11 is 0. The Morgan fingerprint density at radius 1 is 1.00 bits per heavy atom. The summed E-state index contributed by atoms with van der Waals surface area (Å²) in [5, 5.41) is 0. The number of likely N-dealkylation sites (N-methyl/N-ethyl adjacent to an activating group) is 1. The first-order chi connectivity index (χ1) is 10.8. The molecule has 1 aromatic carbocycles. The third-order valence-electron chi connectivity index (χ3n) is 3.92. The van der Waals surface area contributed by atoms with Gasteiger partial charge in [-0.3, -0.25) is 0 Å². The zero-order chi connectivity index (χ0) is 15.6. The van der Waals surface area contributed by atoms with Crippen molar-refractivity contribution in [3.8, 4) is 11.5 Å². The number of hydrogen-bond acceptors (Lipinski definition) is 4. The van der Waals surface area contributed by atoms with Crippen molar-refractivity contribution in [3.63, 3.8) is 0 Å². The maximum Gasteiger partial charge on any atom is 0.120 e. The van der Waals surface area contributed by atoms with Crippen molar-refractivity contribution in [2.45, 2.75) is 12.8 Å². The van der Waals surface area contributed by atoms with Crippen molar-refractivity contribution < 1.29 is 9.47 Å². The van der Waals surface area contributed by atoms with E-state index < -0.39 is 0 Å². The fourth-order valence-corrected chi connectivity index (χ4v) is 2.49. The standard InChI is InChI=1S/C18H28N2O2/c1-3-15-21-17-6-8-18(9-7-17)22-16-5-4-10-20-13-11-19(2)12-14-20/h3,6-9H,1,4-5,10-16H2,2H3. The molecule has 0 N–H and O–H groups in total. The first-order valence-electron chi connectivity index (χ1n) is 8.15. The van der Waals surface area contributed by atoms with Gasteiger partial charge in [-0.1, -0.05) is 12.7 Å². The molecule has 1 aliphatic rings. The second-order valence-corrected chi connectivity index (χ2v) is 5.77. The Hall–Kier alpha value is -1.52. The van der Waals surface area contributed by atoms with E-state index in [1.807, 2.05) is 24.3 Å². The lowest BCUT2D eigenvalue weighted by Crippen LogP contribution is -2.44. The maximum atomic E-state index is 5.77. The van der Waals surface area contributed by atoms with Crippen LogP contribution in [-0.2, 0) is 0 Å². The van der Waals surface area contributed by atoms with E-state index >= 15 is 0 Å². The maximum absolute atomic E-state index is 5.77. The highest BCUT2D eigenvalue weighted by Gasteiger charge is 2.12. The van der Waals surface area contributed by atoms with Crippen LogP contribution in [0.25, 0.3) is 0 Å². The molecule has 4 heteroatoms. The van der Waals surface area contributed by atoms with E-state index in [1.165, 1.54) is 39.1 Å². The molecule has 22 heavy (non-hydrogen) atoms. The van der Waals surface area contributed by atoms with Crippen LogP contribution in [0.15, 0.2) is 36.9 Å². The van der Waals surface area contributed by atoms with Crippen molar-refractivity contribution in [1.29, 1.82) is 0 Å². The molecule has 1 aliphatic heterocycles. The molecule has 0 radical (unpaired) electrons. The molecule has 122 valence electrons. The fourth-order valence-electron chi connectivity index (χ4n) is 2.49. The van der Waals surface area contributed by atoms with Gasteiger partial charge in [0.1, 0.15) is 18.1 Å². The van der Waals surface area contributed by atoms with E-state index in [9.17, 15) is 0 Å². The molecule has 0 spiro atoms. The van der Waals surface area contributed by atoms with Crippen molar-refractivity contribution in [1.82, 2.24) is 9.80 Å². The predicted molar refractivity (Wildman–Crippen MR) is 90.8 cm³/mol. The van der Waals surface area contributed by atoms with E-state index in [1.54, 1.807) is 6.08 Å². The summed E-state index contributed by atoms with van der Waals surface area (Å²) < 4.78 is 11.2. The Morgan fingerprint density at radius 3 is 2.27 bits per heavy atom. The number of rotatable bonds is 9. The third-order valence-corrected chi connectivity index (χ3v) is 3.92. The summed E-state index contributed by atoms with van der Waals surface area (Å²) in [6.07, 6.45) is 4.04. The van der Waals surface area contributed by atoms with E-state index in [0.29, 0.717) is 6.61 Å². The average molecular weight is 304 g/mol. The van der Waals surface area contributed by atoms with Gasteiger partial charge >= 0.3 is 0 Å². The Labute approximate surface area is 134 Å². The number of unbranched alkanes of at least 4 members (excludes halogenated alkanes) is 1. The summed E-state index contributed by atoms with van der Waals surface area (Å²) in [6.45, 7) is 10.9. The summed E-state index contributed by atoms with van der Waals surface area (Å²) in [5.74, 6) is 1.76. The molecule has 4 nitrogen and oxygen atoms in total. The van der Waals surface area contributed by atoms with Crippen molar-refractivity contribution >= 4 is 0 Å². The number of benzene rings is 1. The second-order valence-electron chi connectivity index (χ2n) is 5.77. The van der Waals surface area contributed by atoms with Crippen molar-refractivity contribution in [2.24, 2.45) is 0 Å². The van der Waals surface area contributed by atoms with Crippen LogP contribution >= 0.6 is 0 Å². The summed E-state index contributed by atoms with van der Waals surface area (Å²) in [6, 6.07) is 7.78. The molecule has 1 heterocycles. The zero-order valence-corrected chi connectivity index (χ0v) is 13.7. The highest BCUT2D eigenvalue weighted by molar-refractivity contribution is 5.31.